The first-order valence-corrected chi connectivity index (χ1v) is 7.00. The van der Waals surface area contributed by atoms with Gasteiger partial charge >= 0.3 is 5.88 Å². The van der Waals surface area contributed by atoms with Crippen molar-refractivity contribution < 1.29 is 14.3 Å². The van der Waals surface area contributed by atoms with Crippen molar-refractivity contribution in [3.8, 4) is 0 Å². The van der Waals surface area contributed by atoms with Gasteiger partial charge in [-0.2, -0.15) is 5.11 Å². The summed E-state index contributed by atoms with van der Waals surface area (Å²) in [5.41, 5.74) is 0.565. The van der Waals surface area contributed by atoms with E-state index in [2.05, 4.69) is 15.2 Å². The zero-order valence-electron chi connectivity index (χ0n) is 11.3. The molecule has 0 atom stereocenters. The summed E-state index contributed by atoms with van der Waals surface area (Å²) in [4.78, 5) is 24.3. The molecule has 0 amide bonds. The van der Waals surface area contributed by atoms with E-state index in [0.29, 0.717) is 21.1 Å². The predicted molar refractivity (Wildman–Crippen MR) is 79.9 cm³/mol. The minimum absolute atomic E-state index is 0.0208. The molecule has 0 saturated heterocycles. The summed E-state index contributed by atoms with van der Waals surface area (Å²) in [6.45, 7) is 0.0317. The summed E-state index contributed by atoms with van der Waals surface area (Å²) in [6.07, 6.45) is 0. The first kappa shape index (κ1) is 14.7. The number of thiazole rings is 1. The van der Waals surface area contributed by atoms with Crippen LogP contribution in [0.2, 0.25) is 0 Å². The van der Waals surface area contributed by atoms with E-state index in [9.17, 15) is 20.2 Å². The smallest absolute Gasteiger partial charge is 0.404 e. The molecule has 11 heteroatoms. The van der Waals surface area contributed by atoms with Crippen molar-refractivity contribution in [2.24, 2.45) is 10.2 Å². The van der Waals surface area contributed by atoms with Crippen LogP contribution in [0.5, 0.6) is 0 Å². The lowest BCUT2D eigenvalue weighted by atomic mass is 10.3. The van der Waals surface area contributed by atoms with Gasteiger partial charge in [0, 0.05) is 12.1 Å². The van der Waals surface area contributed by atoms with Crippen molar-refractivity contribution in [3.05, 3.63) is 56.3 Å². The van der Waals surface area contributed by atoms with Gasteiger partial charge in [-0.3, -0.25) is 20.2 Å². The molecule has 0 aliphatic rings. The Morgan fingerprint density at radius 2 is 2.00 bits per heavy atom. The Bertz CT molecular complexity index is 931. The Kier molecular flexibility index (Phi) is 3.76. The maximum absolute atomic E-state index is 10.7. The summed E-state index contributed by atoms with van der Waals surface area (Å²) in [5.74, 6) is -0.0558. The van der Waals surface area contributed by atoms with Crippen LogP contribution in [0.25, 0.3) is 10.2 Å². The maximum Gasteiger partial charge on any atom is 0.433 e. The number of nitro benzene ring substituents is 1. The molecule has 116 valence electrons. The van der Waals surface area contributed by atoms with Crippen LogP contribution < -0.4 is 0 Å². The van der Waals surface area contributed by atoms with Gasteiger partial charge in [0.15, 0.2) is 0 Å². The molecular formula is C12H7N5O5S. The molecule has 2 aromatic heterocycles. The molecule has 0 radical (unpaired) electrons. The van der Waals surface area contributed by atoms with Crippen LogP contribution in [0, 0.1) is 20.2 Å². The highest BCUT2D eigenvalue weighted by Gasteiger charge is 2.12. The Labute approximate surface area is 131 Å². The average molecular weight is 333 g/mol. The standard InChI is InChI=1S/C12H7N5O5S/c18-16(19)7-1-3-9-10(5-7)23-12(14-9)15-13-6-8-2-4-11(22-8)17(20)21/h1-5H,6H2. The molecule has 2 heterocycles. The number of benzene rings is 1. The highest BCUT2D eigenvalue weighted by molar-refractivity contribution is 7.21. The van der Waals surface area contributed by atoms with Gasteiger partial charge in [-0.15, -0.1) is 5.11 Å². The van der Waals surface area contributed by atoms with E-state index in [1.807, 2.05) is 0 Å². The average Bonchev–Trinajstić information content (AvgIpc) is 3.12. The van der Waals surface area contributed by atoms with E-state index in [-0.39, 0.29) is 18.1 Å². The van der Waals surface area contributed by atoms with Crippen LogP contribution in [0.15, 0.2) is 45.0 Å². The van der Waals surface area contributed by atoms with Crippen LogP contribution >= 0.6 is 11.3 Å². The second kappa shape index (κ2) is 5.88. The molecule has 3 rings (SSSR count). The number of aromatic nitrogens is 1. The van der Waals surface area contributed by atoms with E-state index >= 15 is 0 Å². The quantitative estimate of drug-likeness (QED) is 0.393. The summed E-state index contributed by atoms with van der Waals surface area (Å²) in [6, 6.07) is 7.01. The number of fused-ring (bicyclic) bond motifs is 1. The minimum Gasteiger partial charge on any atom is -0.404 e. The SMILES string of the molecule is O=[N+]([O-])c1ccc2nc(N=NCc3ccc([N+](=O)[O-])o3)sc2c1. The van der Waals surface area contributed by atoms with E-state index < -0.39 is 9.85 Å². The molecule has 0 unspecified atom stereocenters. The monoisotopic (exact) mass is 333 g/mol. The van der Waals surface area contributed by atoms with Crippen LogP contribution in [0.4, 0.5) is 16.7 Å². The Balaban J connectivity index is 1.75. The molecular weight excluding hydrogens is 326 g/mol. The van der Waals surface area contributed by atoms with Gasteiger partial charge in [0.1, 0.15) is 17.2 Å². The van der Waals surface area contributed by atoms with E-state index in [1.54, 1.807) is 6.07 Å². The molecule has 0 aliphatic carbocycles. The van der Waals surface area contributed by atoms with Gasteiger partial charge < -0.3 is 4.42 Å². The van der Waals surface area contributed by atoms with Gasteiger partial charge in [-0.1, -0.05) is 11.3 Å². The summed E-state index contributed by atoms with van der Waals surface area (Å²) in [7, 11) is 0. The number of non-ortho nitro benzene ring substituents is 1. The fourth-order valence-electron chi connectivity index (χ4n) is 1.77. The number of furan rings is 1. The van der Waals surface area contributed by atoms with Crippen LogP contribution in [-0.4, -0.2) is 14.8 Å². The van der Waals surface area contributed by atoms with Gasteiger partial charge in [0.25, 0.3) is 5.69 Å². The molecule has 23 heavy (non-hydrogen) atoms. The number of azo groups is 1. The molecule has 0 bridgehead atoms. The number of nitro groups is 2. The fourth-order valence-corrected chi connectivity index (χ4v) is 2.61. The predicted octanol–water partition coefficient (Wildman–Crippen LogP) is 3.99. The van der Waals surface area contributed by atoms with Crippen LogP contribution in [0.3, 0.4) is 0 Å². The van der Waals surface area contributed by atoms with Gasteiger partial charge in [-0.05, 0) is 12.1 Å². The third-order valence-electron chi connectivity index (χ3n) is 2.78. The lowest BCUT2D eigenvalue weighted by Gasteiger charge is -1.88. The Hall–Kier alpha value is -3.21. The number of nitrogens with zero attached hydrogens (tertiary/aromatic N) is 5. The first-order chi connectivity index (χ1) is 11.0. The lowest BCUT2D eigenvalue weighted by molar-refractivity contribution is -0.402. The van der Waals surface area contributed by atoms with Crippen molar-refractivity contribution >= 4 is 38.3 Å². The Morgan fingerprint density at radius 1 is 1.17 bits per heavy atom. The summed E-state index contributed by atoms with van der Waals surface area (Å²) < 4.78 is 5.57. The van der Waals surface area contributed by atoms with E-state index in [4.69, 9.17) is 4.42 Å². The van der Waals surface area contributed by atoms with E-state index in [0.717, 1.165) is 11.3 Å². The number of rotatable bonds is 5. The number of hydrogen-bond donors (Lipinski definition) is 0. The Morgan fingerprint density at radius 3 is 2.70 bits per heavy atom. The molecule has 3 aromatic rings. The van der Waals surface area contributed by atoms with Gasteiger partial charge in [-0.25, -0.2) is 4.98 Å². The molecule has 0 saturated carbocycles. The molecule has 10 nitrogen and oxygen atoms in total. The van der Waals surface area contributed by atoms with Crippen molar-refractivity contribution in [2.45, 2.75) is 6.54 Å². The molecule has 1 aromatic carbocycles. The molecule has 0 fully saturated rings. The maximum atomic E-state index is 10.7. The minimum atomic E-state index is -0.638. The first-order valence-electron chi connectivity index (χ1n) is 6.18. The molecule has 0 spiro atoms. The van der Waals surface area contributed by atoms with E-state index in [1.165, 1.54) is 24.3 Å². The lowest BCUT2D eigenvalue weighted by Crippen LogP contribution is -1.85. The normalized spacial score (nSPS) is 11.3. The zero-order valence-corrected chi connectivity index (χ0v) is 12.1. The fraction of sp³-hybridized carbons (Fsp3) is 0.0833. The number of hydrogen-bond acceptors (Lipinski definition) is 9. The topological polar surface area (TPSA) is 137 Å². The van der Waals surface area contributed by atoms with Crippen molar-refractivity contribution in [2.75, 3.05) is 0 Å². The van der Waals surface area contributed by atoms with Crippen molar-refractivity contribution in [1.29, 1.82) is 0 Å². The largest absolute Gasteiger partial charge is 0.433 e. The summed E-state index contributed by atoms with van der Waals surface area (Å²) in [5, 5.41) is 29.3. The van der Waals surface area contributed by atoms with Gasteiger partial charge in [0.05, 0.1) is 21.2 Å². The van der Waals surface area contributed by atoms with Crippen molar-refractivity contribution in [1.82, 2.24) is 4.98 Å². The highest BCUT2D eigenvalue weighted by atomic mass is 32.1. The summed E-state index contributed by atoms with van der Waals surface area (Å²) >= 11 is 1.16. The van der Waals surface area contributed by atoms with Crippen LogP contribution in [0.1, 0.15) is 5.76 Å². The van der Waals surface area contributed by atoms with Crippen LogP contribution in [-0.2, 0) is 6.54 Å². The second-order valence-corrected chi connectivity index (χ2v) is 5.31. The highest BCUT2D eigenvalue weighted by Crippen LogP contribution is 2.31. The van der Waals surface area contributed by atoms with Crippen molar-refractivity contribution in [3.63, 3.8) is 0 Å². The third-order valence-corrected chi connectivity index (χ3v) is 3.68. The second-order valence-electron chi connectivity index (χ2n) is 4.30. The molecule has 0 aliphatic heterocycles. The third kappa shape index (κ3) is 3.18. The molecule has 0 N–H and O–H groups in total. The zero-order chi connectivity index (χ0) is 16.4. The van der Waals surface area contributed by atoms with Gasteiger partial charge in [0.2, 0.25) is 5.13 Å².